The fourth-order valence-electron chi connectivity index (χ4n) is 8.21. The Labute approximate surface area is 310 Å². The maximum Gasteiger partial charge on any atom is -0.00432 e. The summed E-state index contributed by atoms with van der Waals surface area (Å²) in [7, 11) is 0. The van der Waals surface area contributed by atoms with Crippen LogP contribution in [0.2, 0.25) is 0 Å². The minimum atomic E-state index is 0.773. The van der Waals surface area contributed by atoms with Crippen LogP contribution in [0.15, 0.2) is 36.5 Å². The van der Waals surface area contributed by atoms with Gasteiger partial charge in [-0.1, -0.05) is 193 Å². The fourth-order valence-corrected chi connectivity index (χ4v) is 8.21. The average Bonchev–Trinajstić information content (AvgIpc) is 3.11. The van der Waals surface area contributed by atoms with E-state index in [-0.39, 0.29) is 0 Å². The van der Waals surface area contributed by atoms with Crippen LogP contribution in [0, 0.1) is 23.7 Å². The first-order valence-corrected chi connectivity index (χ1v) is 22.6. The van der Waals surface area contributed by atoms with Crippen LogP contribution in [-0.4, -0.2) is 13.1 Å². The van der Waals surface area contributed by atoms with Crippen molar-refractivity contribution in [1.29, 1.82) is 0 Å². The molecule has 2 atom stereocenters. The van der Waals surface area contributed by atoms with Crippen LogP contribution in [-0.2, 0) is 0 Å². The predicted molar refractivity (Wildman–Crippen MR) is 225 cm³/mol. The van der Waals surface area contributed by atoms with Gasteiger partial charge >= 0.3 is 0 Å². The highest BCUT2D eigenvalue weighted by Gasteiger charge is 2.17. The van der Waals surface area contributed by atoms with Crippen LogP contribution in [0.3, 0.4) is 0 Å². The summed E-state index contributed by atoms with van der Waals surface area (Å²) >= 11 is 0. The molecule has 49 heavy (non-hydrogen) atoms. The van der Waals surface area contributed by atoms with Crippen molar-refractivity contribution in [1.82, 2.24) is 5.32 Å². The molecule has 0 saturated carbocycles. The Balaban J connectivity index is 2.22. The summed E-state index contributed by atoms with van der Waals surface area (Å²) in [5, 5.41) is 3.53. The van der Waals surface area contributed by atoms with Crippen molar-refractivity contribution < 1.29 is 0 Å². The molecule has 0 aromatic rings. The molecular formula is C48H91N. The van der Waals surface area contributed by atoms with Gasteiger partial charge in [0.2, 0.25) is 0 Å². The first kappa shape index (κ1) is 46.2. The highest BCUT2D eigenvalue weighted by Crippen LogP contribution is 2.30. The molecule has 288 valence electrons. The molecule has 2 unspecified atom stereocenters. The number of piperidine rings is 1. The van der Waals surface area contributed by atoms with E-state index in [1.807, 2.05) is 0 Å². The number of rotatable bonds is 36. The van der Waals surface area contributed by atoms with E-state index < -0.39 is 0 Å². The molecular weight excluding hydrogens is 591 g/mol. The van der Waals surface area contributed by atoms with Crippen molar-refractivity contribution in [2.75, 3.05) is 13.1 Å². The van der Waals surface area contributed by atoms with Gasteiger partial charge < -0.3 is 5.32 Å². The lowest BCUT2D eigenvalue weighted by Gasteiger charge is -2.26. The highest BCUT2D eigenvalue weighted by molar-refractivity contribution is 5.02. The van der Waals surface area contributed by atoms with Crippen LogP contribution in [0.5, 0.6) is 0 Å². The van der Waals surface area contributed by atoms with Gasteiger partial charge in [0.05, 0.1) is 0 Å². The quantitative estimate of drug-likeness (QED) is 0.0513. The summed E-state index contributed by atoms with van der Waals surface area (Å²) < 4.78 is 0. The summed E-state index contributed by atoms with van der Waals surface area (Å²) in [5.41, 5.74) is 4.58. The van der Waals surface area contributed by atoms with Crippen LogP contribution in [0.25, 0.3) is 0 Å². The molecule has 0 aromatic carbocycles. The van der Waals surface area contributed by atoms with Gasteiger partial charge in [0.25, 0.3) is 0 Å². The molecule has 1 N–H and O–H groups in total. The first-order valence-electron chi connectivity index (χ1n) is 22.6. The van der Waals surface area contributed by atoms with Gasteiger partial charge in [0.1, 0.15) is 0 Å². The summed E-state index contributed by atoms with van der Waals surface area (Å²) in [6, 6.07) is 0. The largest absolute Gasteiger partial charge is 0.317 e. The van der Waals surface area contributed by atoms with E-state index in [0.29, 0.717) is 0 Å². The lowest BCUT2D eigenvalue weighted by atomic mass is 9.84. The average molecular weight is 682 g/mol. The summed E-state index contributed by atoms with van der Waals surface area (Å²) in [6.07, 6.45) is 44.0. The standard InChI is InChI=1S/C48H91N/c1-8-10-12-20-26-42(3)32-34-44(5)28-22-16-14-18-24-30-47(37-36-46(7)48-38-40-49-41-39-48)31-25-19-15-17-23-29-45(6)35-33-43(4)27-21-13-11-9-2/h42-43,47-49H,5-41H2,1-4H3. The monoisotopic (exact) mass is 682 g/mol. The zero-order chi connectivity index (χ0) is 35.8. The third-order valence-electron chi connectivity index (χ3n) is 12.2. The number of hydrogen-bond donors (Lipinski definition) is 1. The number of nitrogens with one attached hydrogen (secondary N) is 1. The smallest absolute Gasteiger partial charge is 0.00432 e. The zero-order valence-corrected chi connectivity index (χ0v) is 34.5. The molecule has 1 nitrogen and oxygen atoms in total. The minimum Gasteiger partial charge on any atom is -0.317 e. The maximum absolute atomic E-state index is 4.58. The van der Waals surface area contributed by atoms with E-state index in [0.717, 1.165) is 23.7 Å². The Morgan fingerprint density at radius 1 is 0.469 bits per heavy atom. The second-order valence-electron chi connectivity index (χ2n) is 17.2. The van der Waals surface area contributed by atoms with Crippen LogP contribution >= 0.6 is 0 Å². The number of allylic oxidation sites excluding steroid dienone is 3. The van der Waals surface area contributed by atoms with Gasteiger partial charge in [-0.2, -0.15) is 0 Å². The molecule has 0 amide bonds. The van der Waals surface area contributed by atoms with Gasteiger partial charge in [-0.3, -0.25) is 0 Å². The summed E-state index contributed by atoms with van der Waals surface area (Å²) in [6.45, 7) is 25.3. The van der Waals surface area contributed by atoms with Gasteiger partial charge in [-0.15, -0.1) is 0 Å². The third kappa shape index (κ3) is 28.5. The molecule has 0 bridgehead atoms. The van der Waals surface area contributed by atoms with Gasteiger partial charge in [-0.05, 0) is 114 Å². The number of unbranched alkanes of at least 4 members (excludes halogenated alkanes) is 14. The molecule has 1 rings (SSSR count). The lowest BCUT2D eigenvalue weighted by molar-refractivity contribution is 0.362. The second-order valence-corrected chi connectivity index (χ2v) is 17.2. The van der Waals surface area contributed by atoms with Gasteiger partial charge in [0.15, 0.2) is 0 Å². The maximum atomic E-state index is 4.58. The van der Waals surface area contributed by atoms with Crippen molar-refractivity contribution in [2.24, 2.45) is 23.7 Å². The van der Waals surface area contributed by atoms with E-state index >= 15 is 0 Å². The second kappa shape index (κ2) is 33.0. The van der Waals surface area contributed by atoms with Crippen molar-refractivity contribution in [3.05, 3.63) is 36.5 Å². The van der Waals surface area contributed by atoms with Crippen molar-refractivity contribution in [3.8, 4) is 0 Å². The van der Waals surface area contributed by atoms with E-state index in [1.165, 1.54) is 230 Å². The highest BCUT2D eigenvalue weighted by atomic mass is 14.9. The third-order valence-corrected chi connectivity index (χ3v) is 12.2. The van der Waals surface area contributed by atoms with E-state index in [9.17, 15) is 0 Å². The van der Waals surface area contributed by atoms with E-state index in [1.54, 1.807) is 5.57 Å². The molecule has 0 aliphatic carbocycles. The molecule has 1 fully saturated rings. The lowest BCUT2D eigenvalue weighted by Crippen LogP contribution is -2.28. The Kier molecular flexibility index (Phi) is 31.2. The fraction of sp³-hybridized carbons (Fsp3) is 0.875. The molecule has 0 radical (unpaired) electrons. The molecule has 1 aliphatic heterocycles. The van der Waals surface area contributed by atoms with E-state index in [2.05, 4.69) is 52.7 Å². The Morgan fingerprint density at radius 2 is 0.878 bits per heavy atom. The van der Waals surface area contributed by atoms with Crippen LogP contribution in [0.4, 0.5) is 0 Å². The van der Waals surface area contributed by atoms with Gasteiger partial charge in [-0.25, -0.2) is 0 Å². The van der Waals surface area contributed by atoms with E-state index in [4.69, 9.17) is 0 Å². The van der Waals surface area contributed by atoms with Crippen molar-refractivity contribution in [3.63, 3.8) is 0 Å². The molecule has 1 heterocycles. The van der Waals surface area contributed by atoms with Crippen molar-refractivity contribution >= 4 is 0 Å². The van der Waals surface area contributed by atoms with Gasteiger partial charge in [0, 0.05) is 0 Å². The predicted octanol–water partition coefficient (Wildman–Crippen LogP) is 16.3. The zero-order valence-electron chi connectivity index (χ0n) is 34.5. The number of hydrogen-bond acceptors (Lipinski definition) is 1. The first-order chi connectivity index (χ1) is 23.8. The molecule has 0 spiro atoms. The Hall–Kier alpha value is -0.820. The minimum absolute atomic E-state index is 0.773. The van der Waals surface area contributed by atoms with Crippen LogP contribution < -0.4 is 5.32 Å². The topological polar surface area (TPSA) is 12.0 Å². The normalized spacial score (nSPS) is 15.7. The SMILES string of the molecule is C=C(CCCCCCCC(CCCCCCCC(=C)CCC(C)CCCCCC)CCC(=C)C1CCNCC1)CCC(C)CCCCCC. The van der Waals surface area contributed by atoms with Crippen molar-refractivity contribution in [2.45, 2.75) is 233 Å². The summed E-state index contributed by atoms with van der Waals surface area (Å²) in [5.74, 6) is 3.43. The molecule has 0 aromatic heterocycles. The Bertz CT molecular complexity index is 724. The molecule has 1 aliphatic rings. The Morgan fingerprint density at radius 3 is 1.35 bits per heavy atom. The molecule has 1 saturated heterocycles. The summed E-state index contributed by atoms with van der Waals surface area (Å²) in [4.78, 5) is 0. The molecule has 1 heteroatoms. The van der Waals surface area contributed by atoms with Crippen LogP contribution in [0.1, 0.15) is 233 Å².